The van der Waals surface area contributed by atoms with Crippen LogP contribution in [0.15, 0.2) is 0 Å². The number of hydrogen-bond acceptors (Lipinski definition) is 5. The molecule has 2 aliphatic rings. The Hall–Kier alpha value is -0.650. The molecule has 0 saturated carbocycles. The molecule has 0 N–H and O–H groups in total. The first-order chi connectivity index (χ1) is 10.2. The van der Waals surface area contributed by atoms with E-state index in [0.29, 0.717) is 19.3 Å². The summed E-state index contributed by atoms with van der Waals surface area (Å²) in [6.07, 6.45) is 4.86. The Morgan fingerprint density at radius 1 is 1.38 bits per heavy atom. The zero-order valence-corrected chi connectivity index (χ0v) is 13.4. The molecule has 1 atom stereocenters. The third kappa shape index (κ3) is 4.18. The maximum absolute atomic E-state index is 12.5. The van der Waals surface area contributed by atoms with Gasteiger partial charge in [0.05, 0.1) is 12.0 Å². The van der Waals surface area contributed by atoms with Crippen molar-refractivity contribution in [3.8, 4) is 0 Å². The molecule has 0 bridgehead atoms. The number of hydrogen-bond donors (Lipinski definition) is 0. The highest BCUT2D eigenvalue weighted by molar-refractivity contribution is 5.77. The quantitative estimate of drug-likeness (QED) is 0.701. The minimum Gasteiger partial charge on any atom is -0.466 e. The lowest BCUT2D eigenvalue weighted by molar-refractivity contribution is -0.162. The molecule has 0 aromatic carbocycles. The lowest BCUT2D eigenvalue weighted by Gasteiger charge is -2.45. The van der Waals surface area contributed by atoms with E-state index in [-0.39, 0.29) is 11.4 Å². The molecule has 2 fully saturated rings. The summed E-state index contributed by atoms with van der Waals surface area (Å²) in [5.41, 5.74) is -0.386. The number of carbonyl (C=O) groups excluding carboxylic acids is 1. The van der Waals surface area contributed by atoms with Crippen molar-refractivity contribution in [1.82, 2.24) is 4.90 Å². The molecule has 5 heteroatoms. The number of nitrogens with zero attached hydrogens (tertiary/aromatic N) is 1. The number of likely N-dealkylation sites (tertiary alicyclic amines) is 1. The van der Waals surface area contributed by atoms with Crippen LogP contribution in [0.2, 0.25) is 0 Å². The third-order valence-electron chi connectivity index (χ3n) is 4.81. The van der Waals surface area contributed by atoms with Crippen molar-refractivity contribution in [2.75, 3.05) is 46.6 Å². The van der Waals surface area contributed by atoms with Gasteiger partial charge in [0, 0.05) is 39.5 Å². The molecule has 0 aromatic rings. The van der Waals surface area contributed by atoms with Crippen LogP contribution in [-0.2, 0) is 19.0 Å². The number of methoxy groups -OCH3 is 1. The highest BCUT2D eigenvalue weighted by Gasteiger charge is 2.44. The topological polar surface area (TPSA) is 48.0 Å². The lowest BCUT2D eigenvalue weighted by Crippen LogP contribution is -2.53. The standard InChI is InChI=1S/C16H29NO4/c1-3-21-15(18)16(8-12-19-2)7-4-9-17(13-16)14-5-10-20-11-6-14/h14H,3-13H2,1-2H3/t16-/m0/s1. The fraction of sp³-hybridized carbons (Fsp3) is 0.938. The highest BCUT2D eigenvalue weighted by Crippen LogP contribution is 2.37. The van der Waals surface area contributed by atoms with E-state index >= 15 is 0 Å². The van der Waals surface area contributed by atoms with Crippen molar-refractivity contribution in [2.24, 2.45) is 5.41 Å². The van der Waals surface area contributed by atoms with E-state index in [9.17, 15) is 4.79 Å². The Labute approximate surface area is 127 Å². The summed E-state index contributed by atoms with van der Waals surface area (Å²) in [4.78, 5) is 15.0. The fourth-order valence-corrected chi connectivity index (χ4v) is 3.58. The van der Waals surface area contributed by atoms with Crippen molar-refractivity contribution < 1.29 is 19.0 Å². The summed E-state index contributed by atoms with van der Waals surface area (Å²) in [5.74, 6) is -0.0428. The van der Waals surface area contributed by atoms with Gasteiger partial charge in [0.2, 0.25) is 0 Å². The van der Waals surface area contributed by atoms with Gasteiger partial charge in [0.15, 0.2) is 0 Å². The molecule has 2 saturated heterocycles. The molecule has 5 nitrogen and oxygen atoms in total. The van der Waals surface area contributed by atoms with Gasteiger partial charge in [-0.15, -0.1) is 0 Å². The first kappa shape index (κ1) is 16.7. The zero-order chi connectivity index (χ0) is 15.1. The van der Waals surface area contributed by atoms with E-state index in [2.05, 4.69) is 4.90 Å². The van der Waals surface area contributed by atoms with Crippen LogP contribution in [0.1, 0.15) is 39.0 Å². The van der Waals surface area contributed by atoms with Crippen molar-refractivity contribution in [3.63, 3.8) is 0 Å². The van der Waals surface area contributed by atoms with E-state index in [1.54, 1.807) is 7.11 Å². The molecule has 0 radical (unpaired) electrons. The summed E-state index contributed by atoms with van der Waals surface area (Å²) in [6, 6.07) is 0.551. The molecule has 0 aromatic heterocycles. The number of carbonyl (C=O) groups is 1. The molecule has 0 unspecified atom stereocenters. The molecule has 122 valence electrons. The van der Waals surface area contributed by atoms with E-state index in [0.717, 1.165) is 58.4 Å². The maximum Gasteiger partial charge on any atom is 0.313 e. The summed E-state index contributed by atoms with van der Waals surface area (Å²) >= 11 is 0. The van der Waals surface area contributed by atoms with Gasteiger partial charge in [0.1, 0.15) is 0 Å². The van der Waals surface area contributed by atoms with Gasteiger partial charge in [-0.1, -0.05) is 0 Å². The number of rotatable bonds is 6. The second-order valence-corrected chi connectivity index (χ2v) is 6.16. The van der Waals surface area contributed by atoms with E-state index in [1.165, 1.54) is 0 Å². The van der Waals surface area contributed by atoms with E-state index in [4.69, 9.17) is 14.2 Å². The minimum absolute atomic E-state index is 0.0428. The van der Waals surface area contributed by atoms with Crippen molar-refractivity contribution in [3.05, 3.63) is 0 Å². The van der Waals surface area contributed by atoms with Crippen LogP contribution in [0.4, 0.5) is 0 Å². The van der Waals surface area contributed by atoms with Crippen LogP contribution in [0, 0.1) is 5.41 Å². The maximum atomic E-state index is 12.5. The second kappa shape index (κ2) is 8.11. The van der Waals surface area contributed by atoms with Crippen LogP contribution in [0.5, 0.6) is 0 Å². The summed E-state index contributed by atoms with van der Waals surface area (Å²) in [5, 5.41) is 0. The second-order valence-electron chi connectivity index (χ2n) is 6.16. The molecular weight excluding hydrogens is 270 g/mol. The van der Waals surface area contributed by atoms with Crippen LogP contribution in [0.25, 0.3) is 0 Å². The Kier molecular flexibility index (Phi) is 6.45. The zero-order valence-electron chi connectivity index (χ0n) is 13.4. The van der Waals surface area contributed by atoms with Gasteiger partial charge in [-0.05, 0) is 45.6 Å². The normalized spacial score (nSPS) is 28.5. The van der Waals surface area contributed by atoms with E-state index in [1.807, 2.05) is 6.92 Å². The molecule has 2 rings (SSSR count). The Balaban J connectivity index is 2.05. The van der Waals surface area contributed by atoms with Gasteiger partial charge in [-0.3, -0.25) is 9.69 Å². The van der Waals surface area contributed by atoms with Gasteiger partial charge < -0.3 is 14.2 Å². The molecular formula is C16H29NO4. The summed E-state index contributed by atoms with van der Waals surface area (Å²) in [7, 11) is 1.69. The number of esters is 1. The first-order valence-electron chi connectivity index (χ1n) is 8.20. The first-order valence-corrected chi connectivity index (χ1v) is 8.20. The van der Waals surface area contributed by atoms with Crippen molar-refractivity contribution in [2.45, 2.75) is 45.1 Å². The summed E-state index contributed by atoms with van der Waals surface area (Å²) in [6.45, 7) is 6.50. The molecule has 0 amide bonds. The smallest absolute Gasteiger partial charge is 0.313 e. The van der Waals surface area contributed by atoms with E-state index < -0.39 is 0 Å². The fourth-order valence-electron chi connectivity index (χ4n) is 3.58. The Morgan fingerprint density at radius 3 is 2.81 bits per heavy atom. The molecule has 0 spiro atoms. The largest absolute Gasteiger partial charge is 0.466 e. The van der Waals surface area contributed by atoms with Gasteiger partial charge >= 0.3 is 5.97 Å². The van der Waals surface area contributed by atoms with Gasteiger partial charge in [-0.2, -0.15) is 0 Å². The highest BCUT2D eigenvalue weighted by atomic mass is 16.5. The van der Waals surface area contributed by atoms with Crippen LogP contribution < -0.4 is 0 Å². The van der Waals surface area contributed by atoms with Crippen LogP contribution in [0.3, 0.4) is 0 Å². The average Bonchev–Trinajstić information content (AvgIpc) is 2.54. The van der Waals surface area contributed by atoms with Gasteiger partial charge in [-0.25, -0.2) is 0 Å². The van der Waals surface area contributed by atoms with Gasteiger partial charge in [0.25, 0.3) is 0 Å². The predicted molar refractivity (Wildman–Crippen MR) is 80.2 cm³/mol. The van der Waals surface area contributed by atoms with Crippen LogP contribution >= 0.6 is 0 Å². The SMILES string of the molecule is CCOC(=O)[C@]1(CCOC)CCCN(C2CCOCC2)C1. The molecule has 21 heavy (non-hydrogen) atoms. The molecule has 0 aliphatic carbocycles. The van der Waals surface area contributed by atoms with Crippen LogP contribution in [-0.4, -0.2) is 63.5 Å². The monoisotopic (exact) mass is 299 g/mol. The molecule has 2 aliphatic heterocycles. The van der Waals surface area contributed by atoms with Crippen molar-refractivity contribution >= 4 is 5.97 Å². The Bertz CT molecular complexity index is 330. The number of ether oxygens (including phenoxy) is 3. The number of piperidine rings is 1. The minimum atomic E-state index is -0.386. The summed E-state index contributed by atoms with van der Waals surface area (Å²) < 4.78 is 16.1. The Morgan fingerprint density at radius 2 is 2.14 bits per heavy atom. The van der Waals surface area contributed by atoms with Crippen molar-refractivity contribution in [1.29, 1.82) is 0 Å². The lowest BCUT2D eigenvalue weighted by atomic mass is 9.76. The average molecular weight is 299 g/mol. The predicted octanol–water partition coefficient (Wildman–Crippen LogP) is 1.85. The third-order valence-corrected chi connectivity index (χ3v) is 4.81. The molecule has 2 heterocycles.